The van der Waals surface area contributed by atoms with E-state index in [1.807, 2.05) is 6.07 Å². The fourth-order valence-corrected chi connectivity index (χ4v) is 5.19. The first-order chi connectivity index (χ1) is 13.7. The molecule has 5 nitrogen and oxygen atoms in total. The average Bonchev–Trinajstić information content (AvgIpc) is 3.20. The molecule has 3 aliphatic rings. The molecule has 4 rings (SSSR count). The van der Waals surface area contributed by atoms with E-state index >= 15 is 0 Å². The van der Waals surface area contributed by atoms with Gasteiger partial charge in [-0.25, -0.2) is 0 Å². The predicted molar refractivity (Wildman–Crippen MR) is 106 cm³/mol. The summed E-state index contributed by atoms with van der Waals surface area (Å²) < 4.78 is 17.7. The van der Waals surface area contributed by atoms with Gasteiger partial charge in [0.15, 0.2) is 12.6 Å². The minimum absolute atomic E-state index is 0.0142. The van der Waals surface area contributed by atoms with E-state index in [0.29, 0.717) is 12.8 Å². The molecule has 2 heterocycles. The van der Waals surface area contributed by atoms with Gasteiger partial charge in [0.1, 0.15) is 0 Å². The van der Waals surface area contributed by atoms with Gasteiger partial charge in [-0.3, -0.25) is 0 Å². The van der Waals surface area contributed by atoms with Crippen molar-refractivity contribution in [3.63, 3.8) is 0 Å². The summed E-state index contributed by atoms with van der Waals surface area (Å²) in [5.41, 5.74) is 1.33. The van der Waals surface area contributed by atoms with E-state index in [1.165, 1.54) is 5.56 Å². The first-order valence-electron chi connectivity index (χ1n) is 11.0. The Labute approximate surface area is 168 Å². The smallest absolute Gasteiger partial charge is 0.157 e. The van der Waals surface area contributed by atoms with Crippen molar-refractivity contribution in [2.75, 3.05) is 6.61 Å². The zero-order valence-electron chi connectivity index (χ0n) is 16.6. The van der Waals surface area contributed by atoms with E-state index in [4.69, 9.17) is 14.2 Å². The molecule has 1 saturated carbocycles. The Morgan fingerprint density at radius 2 is 1.93 bits per heavy atom. The molecule has 156 valence electrons. The van der Waals surface area contributed by atoms with E-state index < -0.39 is 6.29 Å². The molecule has 1 aromatic rings. The third kappa shape index (κ3) is 5.14. The largest absolute Gasteiger partial charge is 0.393 e. The highest BCUT2D eigenvalue weighted by molar-refractivity contribution is 5.14. The molecule has 2 saturated heterocycles. The van der Waals surface area contributed by atoms with Crippen LogP contribution < -0.4 is 0 Å². The zero-order chi connectivity index (χ0) is 19.3. The quantitative estimate of drug-likeness (QED) is 0.712. The van der Waals surface area contributed by atoms with Crippen LogP contribution >= 0.6 is 0 Å². The topological polar surface area (TPSA) is 68.2 Å². The molecule has 3 fully saturated rings. The number of fused-ring (bicyclic) bond motifs is 1. The molecule has 28 heavy (non-hydrogen) atoms. The number of hydrogen-bond donors (Lipinski definition) is 2. The summed E-state index contributed by atoms with van der Waals surface area (Å²) in [6, 6.07) is 10.5. The van der Waals surface area contributed by atoms with Crippen LogP contribution in [0.4, 0.5) is 0 Å². The monoisotopic (exact) mass is 390 g/mol. The number of hydrogen-bond acceptors (Lipinski definition) is 5. The fourth-order valence-electron chi connectivity index (χ4n) is 5.19. The van der Waals surface area contributed by atoms with Gasteiger partial charge in [-0.15, -0.1) is 0 Å². The molecular formula is C23H34O5. The van der Waals surface area contributed by atoms with Crippen LogP contribution in [0.5, 0.6) is 0 Å². The molecule has 0 spiro atoms. The molecule has 1 aliphatic carbocycles. The Hall–Kier alpha value is -0.980. The highest BCUT2D eigenvalue weighted by atomic mass is 16.7. The molecule has 2 unspecified atom stereocenters. The van der Waals surface area contributed by atoms with Crippen LogP contribution in [0.3, 0.4) is 0 Å². The van der Waals surface area contributed by atoms with Crippen LogP contribution in [-0.2, 0) is 20.6 Å². The molecule has 0 bridgehead atoms. The molecule has 1 aromatic carbocycles. The van der Waals surface area contributed by atoms with Crippen LogP contribution in [0, 0.1) is 11.8 Å². The molecule has 2 N–H and O–H groups in total. The van der Waals surface area contributed by atoms with Gasteiger partial charge in [-0.1, -0.05) is 30.3 Å². The fraction of sp³-hybridized carbons (Fsp3) is 0.739. The van der Waals surface area contributed by atoms with Gasteiger partial charge in [0, 0.05) is 19.4 Å². The number of aliphatic hydroxyl groups is 2. The second kappa shape index (κ2) is 9.68. The highest BCUT2D eigenvalue weighted by Crippen LogP contribution is 2.45. The lowest BCUT2D eigenvalue weighted by molar-refractivity contribution is -0.191. The lowest BCUT2D eigenvalue weighted by Gasteiger charge is -2.29. The van der Waals surface area contributed by atoms with E-state index in [2.05, 4.69) is 24.3 Å². The Morgan fingerprint density at radius 3 is 2.71 bits per heavy atom. The summed E-state index contributed by atoms with van der Waals surface area (Å²) in [6.07, 6.45) is 7.37. The summed E-state index contributed by atoms with van der Waals surface area (Å²) >= 11 is 0. The van der Waals surface area contributed by atoms with Gasteiger partial charge in [0.25, 0.3) is 0 Å². The van der Waals surface area contributed by atoms with E-state index in [-0.39, 0.29) is 36.4 Å². The van der Waals surface area contributed by atoms with Crippen LogP contribution in [0.25, 0.3) is 0 Å². The van der Waals surface area contributed by atoms with Crippen molar-refractivity contribution in [1.82, 2.24) is 0 Å². The van der Waals surface area contributed by atoms with Crippen molar-refractivity contribution in [3.8, 4) is 0 Å². The molecule has 0 radical (unpaired) electrons. The summed E-state index contributed by atoms with van der Waals surface area (Å²) in [5, 5.41) is 20.3. The van der Waals surface area contributed by atoms with Gasteiger partial charge in [0.2, 0.25) is 0 Å². The minimum Gasteiger partial charge on any atom is -0.393 e. The SMILES string of the molecule is OC1C[C@@H]2[C@@H](CC[C@H](CCc3ccccc3)OC3CCCCO3)[C@H](O)C[C@@H]2O1. The second-order valence-corrected chi connectivity index (χ2v) is 8.65. The van der Waals surface area contributed by atoms with Gasteiger partial charge in [-0.2, -0.15) is 0 Å². The van der Waals surface area contributed by atoms with E-state index in [9.17, 15) is 10.2 Å². The summed E-state index contributed by atoms with van der Waals surface area (Å²) in [4.78, 5) is 0. The maximum Gasteiger partial charge on any atom is 0.157 e. The first kappa shape index (κ1) is 20.3. The van der Waals surface area contributed by atoms with Crippen LogP contribution in [0.2, 0.25) is 0 Å². The summed E-state index contributed by atoms with van der Waals surface area (Å²) in [6.45, 7) is 0.788. The van der Waals surface area contributed by atoms with Crippen molar-refractivity contribution in [2.24, 2.45) is 11.8 Å². The maximum absolute atomic E-state index is 10.5. The molecule has 0 aromatic heterocycles. The number of aliphatic hydroxyl groups excluding tert-OH is 2. The standard InChI is InChI=1S/C23H34O5/c24-20-15-21-19(14-22(25)28-21)18(20)12-11-17(27-23-8-4-5-13-26-23)10-9-16-6-2-1-3-7-16/h1-3,6-7,17-25H,4-5,8-15H2/t17-,18+,19+,20+,21-,22?,23?/m0/s1. The van der Waals surface area contributed by atoms with Crippen molar-refractivity contribution >= 4 is 0 Å². The summed E-state index contributed by atoms with van der Waals surface area (Å²) in [5.74, 6) is 0.461. The summed E-state index contributed by atoms with van der Waals surface area (Å²) in [7, 11) is 0. The average molecular weight is 391 g/mol. The van der Waals surface area contributed by atoms with Crippen LogP contribution in [0.1, 0.15) is 56.9 Å². The van der Waals surface area contributed by atoms with Crippen molar-refractivity contribution in [2.45, 2.75) is 88.7 Å². The Morgan fingerprint density at radius 1 is 1.07 bits per heavy atom. The van der Waals surface area contributed by atoms with Gasteiger partial charge >= 0.3 is 0 Å². The zero-order valence-corrected chi connectivity index (χ0v) is 16.6. The van der Waals surface area contributed by atoms with Gasteiger partial charge < -0.3 is 24.4 Å². The Kier molecular flexibility index (Phi) is 7.02. The minimum atomic E-state index is -0.661. The third-order valence-electron chi connectivity index (χ3n) is 6.70. The molecule has 2 aliphatic heterocycles. The van der Waals surface area contributed by atoms with Crippen LogP contribution in [0.15, 0.2) is 30.3 Å². The lowest BCUT2D eigenvalue weighted by Crippen LogP contribution is -2.30. The molecular weight excluding hydrogens is 356 g/mol. The molecule has 7 atom stereocenters. The predicted octanol–water partition coefficient (Wildman–Crippen LogP) is 3.42. The highest BCUT2D eigenvalue weighted by Gasteiger charge is 2.48. The lowest BCUT2D eigenvalue weighted by atomic mass is 9.86. The van der Waals surface area contributed by atoms with Crippen molar-refractivity contribution in [1.29, 1.82) is 0 Å². The molecule has 5 heteroatoms. The van der Waals surface area contributed by atoms with Crippen molar-refractivity contribution in [3.05, 3.63) is 35.9 Å². The second-order valence-electron chi connectivity index (χ2n) is 8.65. The van der Waals surface area contributed by atoms with Gasteiger partial charge in [-0.05, 0) is 62.3 Å². The van der Waals surface area contributed by atoms with Gasteiger partial charge in [0.05, 0.1) is 18.3 Å². The van der Waals surface area contributed by atoms with E-state index in [1.54, 1.807) is 0 Å². The number of aryl methyl sites for hydroxylation is 1. The van der Waals surface area contributed by atoms with E-state index in [0.717, 1.165) is 51.6 Å². The number of ether oxygens (including phenoxy) is 3. The first-order valence-corrected chi connectivity index (χ1v) is 11.0. The Balaban J connectivity index is 1.33. The van der Waals surface area contributed by atoms with Crippen LogP contribution in [-0.4, -0.2) is 47.7 Å². The normalized spacial score (nSPS) is 36.4. The number of benzene rings is 1. The maximum atomic E-state index is 10.5. The van der Waals surface area contributed by atoms with Crippen molar-refractivity contribution < 1.29 is 24.4 Å². The Bertz CT molecular complexity index is 588. The molecule has 0 amide bonds. The number of rotatable bonds is 8. The third-order valence-corrected chi connectivity index (χ3v) is 6.70.